The van der Waals surface area contributed by atoms with E-state index in [1.807, 2.05) is 41.3 Å². The Morgan fingerprint density at radius 1 is 0.263 bits per heavy atom. The second-order valence-corrected chi connectivity index (χ2v) is 19.9. The molecule has 0 bridgehead atoms. The SMILES string of the molecule is [2H]c1c([2H])c([2H])c(N(c2ccccc2)c2ccc3c(c2)C2(c4ccccc4-c4ccc(N(c5ccccc5-c5ccccc5)c5cccc6c5C(c5ccccc5)(c5ccccc5)c5ccccc5-6)cc42)c2ccccc2-3)c([2H])c1[2H]. The van der Waals surface area contributed by atoms with Gasteiger partial charge < -0.3 is 9.80 Å². The topological polar surface area (TPSA) is 6.48 Å². The minimum absolute atomic E-state index is 0.0820. The molecule has 1 unspecified atom stereocenters. The highest BCUT2D eigenvalue weighted by atomic mass is 15.2. The molecular formula is C74H50N2. The van der Waals surface area contributed by atoms with Gasteiger partial charge in [-0.25, -0.2) is 0 Å². The first-order chi connectivity index (χ1) is 39.8. The number of benzene rings is 12. The van der Waals surface area contributed by atoms with Crippen molar-refractivity contribution < 1.29 is 6.85 Å². The highest BCUT2D eigenvalue weighted by molar-refractivity contribution is 6.00. The molecule has 1 atom stereocenters. The standard InChI is InChI=1S/C74H50N2/c1-6-25-51(26-7-1)58-35-19-23-43-70(58)76(71-44-24-39-64-61-38-18-20-40-65(61)73(72(64)71,52-27-8-2-9-28-52)53-29-10-3-11-30-53)57-46-48-63-60-37-17-22-42-67(60)74(69(63)50-57)66-41-21-16-36-59(66)62-47-45-56(49-68(62)74)75(54-31-12-4-13-32-54)55-33-14-5-15-34-55/h1-50H/i4D,12D,13D,31D,32D. The number of hydrogen-bond acceptors (Lipinski definition) is 2. The normalized spacial score (nSPS) is 15.7. The maximum absolute atomic E-state index is 9.34. The summed E-state index contributed by atoms with van der Waals surface area (Å²) in [6, 6.07) is 96.1. The summed E-state index contributed by atoms with van der Waals surface area (Å²) < 4.78 is 44.9. The first-order valence-corrected chi connectivity index (χ1v) is 26.0. The summed E-state index contributed by atoms with van der Waals surface area (Å²) >= 11 is 0. The fraction of sp³-hybridized carbons (Fsp3) is 0.0270. The molecule has 0 saturated carbocycles. The van der Waals surface area contributed by atoms with Gasteiger partial charge in [0.1, 0.15) is 0 Å². The van der Waals surface area contributed by atoms with E-state index in [0.29, 0.717) is 11.4 Å². The van der Waals surface area contributed by atoms with Gasteiger partial charge in [-0.3, -0.25) is 0 Å². The molecule has 15 rings (SSSR count). The zero-order chi connectivity index (χ0) is 54.6. The van der Waals surface area contributed by atoms with Crippen molar-refractivity contribution in [2.75, 3.05) is 9.80 Å². The quantitative estimate of drug-likeness (QED) is 0.142. The van der Waals surface area contributed by atoms with E-state index in [-0.39, 0.29) is 29.9 Å². The van der Waals surface area contributed by atoms with E-state index in [1.54, 1.807) is 0 Å². The lowest BCUT2D eigenvalue weighted by molar-refractivity contribution is 0.767. The Morgan fingerprint density at radius 2 is 0.684 bits per heavy atom. The van der Waals surface area contributed by atoms with Crippen LogP contribution in [0, 0.1) is 0 Å². The minimum atomic E-state index is -0.858. The number of rotatable bonds is 9. The van der Waals surface area contributed by atoms with Gasteiger partial charge in [-0.15, -0.1) is 0 Å². The molecule has 12 aromatic carbocycles. The third-order valence-electron chi connectivity index (χ3n) is 16.2. The van der Waals surface area contributed by atoms with Gasteiger partial charge in [-0.05, 0) is 139 Å². The Labute approximate surface area is 451 Å². The van der Waals surface area contributed by atoms with E-state index >= 15 is 0 Å². The van der Waals surface area contributed by atoms with Crippen LogP contribution in [-0.2, 0) is 10.8 Å². The lowest BCUT2D eigenvalue weighted by Crippen LogP contribution is -2.30. The molecule has 12 aromatic rings. The van der Waals surface area contributed by atoms with Crippen LogP contribution in [0.2, 0.25) is 0 Å². The fourth-order valence-corrected chi connectivity index (χ4v) is 13.3. The predicted molar refractivity (Wildman–Crippen MR) is 315 cm³/mol. The third kappa shape index (κ3) is 6.28. The van der Waals surface area contributed by atoms with Crippen LogP contribution in [0.1, 0.15) is 51.4 Å². The highest BCUT2D eigenvalue weighted by Crippen LogP contribution is 2.65. The lowest BCUT2D eigenvalue weighted by Gasteiger charge is -2.38. The molecular weight excluding hydrogens is 917 g/mol. The van der Waals surface area contributed by atoms with Crippen LogP contribution in [0.3, 0.4) is 0 Å². The van der Waals surface area contributed by atoms with Crippen molar-refractivity contribution in [1.29, 1.82) is 0 Å². The molecule has 0 radical (unpaired) electrons. The Balaban J connectivity index is 1.04. The Bertz CT molecular complexity index is 4410. The molecule has 356 valence electrons. The first kappa shape index (κ1) is 38.8. The zero-order valence-electron chi connectivity index (χ0n) is 46.4. The van der Waals surface area contributed by atoms with E-state index in [0.717, 1.165) is 72.7 Å². The number of anilines is 6. The average Bonchev–Trinajstić information content (AvgIpc) is 1.87. The number of fused-ring (bicyclic) bond motifs is 13. The van der Waals surface area contributed by atoms with Crippen LogP contribution in [0.4, 0.5) is 34.1 Å². The van der Waals surface area contributed by atoms with Gasteiger partial charge in [-0.2, -0.15) is 0 Å². The van der Waals surface area contributed by atoms with Gasteiger partial charge in [0.15, 0.2) is 0 Å². The number of para-hydroxylation sites is 3. The Morgan fingerprint density at radius 3 is 1.26 bits per heavy atom. The molecule has 2 heteroatoms. The lowest BCUT2D eigenvalue weighted by atomic mass is 9.67. The van der Waals surface area contributed by atoms with Crippen LogP contribution in [0.5, 0.6) is 0 Å². The second-order valence-electron chi connectivity index (χ2n) is 19.9. The van der Waals surface area contributed by atoms with E-state index < -0.39 is 16.9 Å². The summed E-state index contributed by atoms with van der Waals surface area (Å²) in [6.07, 6.45) is 0. The first-order valence-electron chi connectivity index (χ1n) is 28.5. The van der Waals surface area contributed by atoms with E-state index in [4.69, 9.17) is 4.11 Å². The molecule has 3 aliphatic rings. The smallest absolute Gasteiger partial charge is 0.0734 e. The summed E-state index contributed by atoms with van der Waals surface area (Å²) in [7, 11) is 0. The van der Waals surface area contributed by atoms with Gasteiger partial charge in [0.2, 0.25) is 0 Å². The summed E-state index contributed by atoms with van der Waals surface area (Å²) in [5.41, 5.74) is 21.1. The van der Waals surface area contributed by atoms with Crippen molar-refractivity contribution in [3.8, 4) is 44.5 Å². The molecule has 0 heterocycles. The molecule has 0 fully saturated rings. The van der Waals surface area contributed by atoms with E-state index in [9.17, 15) is 2.74 Å². The maximum atomic E-state index is 9.34. The molecule has 0 aliphatic heterocycles. The van der Waals surface area contributed by atoms with Crippen LogP contribution >= 0.6 is 0 Å². The van der Waals surface area contributed by atoms with Gasteiger partial charge in [-0.1, -0.05) is 243 Å². The summed E-state index contributed by atoms with van der Waals surface area (Å²) in [5.74, 6) is 0. The number of hydrogen-bond donors (Lipinski definition) is 0. The largest absolute Gasteiger partial charge is 0.310 e. The van der Waals surface area contributed by atoms with E-state index in [1.165, 1.54) is 33.4 Å². The summed E-state index contributed by atoms with van der Waals surface area (Å²) in [6.45, 7) is 0. The van der Waals surface area contributed by atoms with Crippen LogP contribution in [0.15, 0.2) is 303 Å². The predicted octanol–water partition coefficient (Wildman–Crippen LogP) is 19.0. The monoisotopic (exact) mass is 971 g/mol. The molecule has 76 heavy (non-hydrogen) atoms. The second kappa shape index (κ2) is 17.4. The van der Waals surface area contributed by atoms with Gasteiger partial charge in [0.25, 0.3) is 0 Å². The molecule has 3 aliphatic carbocycles. The van der Waals surface area contributed by atoms with Gasteiger partial charge in [0, 0.05) is 33.9 Å². The highest BCUT2D eigenvalue weighted by Gasteiger charge is 2.53. The maximum Gasteiger partial charge on any atom is 0.0734 e. The van der Waals surface area contributed by atoms with Gasteiger partial charge in [0.05, 0.1) is 29.1 Å². The summed E-state index contributed by atoms with van der Waals surface area (Å²) in [4.78, 5) is 4.34. The molecule has 0 aromatic heterocycles. The average molecular weight is 972 g/mol. The Kier molecular flexibility index (Phi) is 8.91. The van der Waals surface area contributed by atoms with Crippen LogP contribution < -0.4 is 9.80 Å². The van der Waals surface area contributed by atoms with Crippen LogP contribution in [-0.4, -0.2) is 0 Å². The van der Waals surface area contributed by atoms with Crippen molar-refractivity contribution >= 4 is 34.1 Å². The third-order valence-corrected chi connectivity index (χ3v) is 16.2. The van der Waals surface area contributed by atoms with E-state index in [2.05, 4.69) is 241 Å². The molecule has 1 spiro atoms. The van der Waals surface area contributed by atoms with Crippen LogP contribution in [0.25, 0.3) is 44.5 Å². The Hall–Kier alpha value is -9.76. The molecule has 0 saturated heterocycles. The molecule has 0 amide bonds. The number of nitrogens with zero attached hydrogens (tertiary/aromatic N) is 2. The summed E-state index contributed by atoms with van der Waals surface area (Å²) in [5, 5.41) is 0. The van der Waals surface area contributed by atoms with Crippen molar-refractivity contribution in [2.45, 2.75) is 10.8 Å². The fourth-order valence-electron chi connectivity index (χ4n) is 13.3. The van der Waals surface area contributed by atoms with Gasteiger partial charge >= 0.3 is 0 Å². The van der Waals surface area contributed by atoms with Crippen molar-refractivity contribution in [3.05, 3.63) is 348 Å². The minimum Gasteiger partial charge on any atom is -0.310 e. The van der Waals surface area contributed by atoms with Crippen molar-refractivity contribution in [1.82, 2.24) is 0 Å². The van der Waals surface area contributed by atoms with Crippen molar-refractivity contribution in [2.24, 2.45) is 0 Å². The molecule has 0 N–H and O–H groups in total. The van der Waals surface area contributed by atoms with Crippen molar-refractivity contribution in [3.63, 3.8) is 0 Å². The zero-order valence-corrected chi connectivity index (χ0v) is 41.4. The molecule has 2 nitrogen and oxygen atoms in total.